The molecule has 0 aliphatic rings. The van der Waals surface area contributed by atoms with Crippen LogP contribution in [0, 0.1) is 6.92 Å². The largest absolute Gasteiger partial charge is 0.399 e. The molecule has 0 heterocycles. The van der Waals surface area contributed by atoms with Crippen molar-refractivity contribution in [2.75, 3.05) is 24.2 Å². The first-order chi connectivity index (χ1) is 9.38. The van der Waals surface area contributed by atoms with E-state index >= 15 is 0 Å². The number of rotatable bonds is 4. The van der Waals surface area contributed by atoms with Gasteiger partial charge in [0.05, 0.1) is 0 Å². The first-order valence-corrected chi connectivity index (χ1v) is 7.02. The molecule has 0 saturated heterocycles. The van der Waals surface area contributed by atoms with E-state index in [9.17, 15) is 0 Å². The Kier molecular flexibility index (Phi) is 4.03. The summed E-state index contributed by atoms with van der Waals surface area (Å²) in [7, 11) is 2.15. The average Bonchev–Trinajstić information content (AvgIpc) is 2.38. The number of hydrogen-bond acceptors (Lipinski definition) is 2. The van der Waals surface area contributed by atoms with E-state index in [1.807, 2.05) is 12.1 Å². The zero-order chi connectivity index (χ0) is 14.8. The molecule has 2 rings (SSSR count). The topological polar surface area (TPSA) is 29.3 Å². The molecule has 0 aliphatic carbocycles. The molecule has 2 aromatic carbocycles. The monoisotopic (exact) mass is 268 g/mol. The van der Waals surface area contributed by atoms with Crippen LogP contribution in [0.3, 0.4) is 0 Å². The van der Waals surface area contributed by atoms with E-state index in [1.54, 1.807) is 0 Å². The second-order valence-electron chi connectivity index (χ2n) is 6.20. The van der Waals surface area contributed by atoms with Crippen molar-refractivity contribution in [3.8, 4) is 0 Å². The molecule has 2 heteroatoms. The summed E-state index contributed by atoms with van der Waals surface area (Å²) in [6, 6.07) is 16.8. The van der Waals surface area contributed by atoms with E-state index < -0.39 is 0 Å². The van der Waals surface area contributed by atoms with Gasteiger partial charge in [-0.25, -0.2) is 0 Å². The van der Waals surface area contributed by atoms with Crippen LogP contribution < -0.4 is 10.6 Å². The summed E-state index contributed by atoms with van der Waals surface area (Å²) in [5, 5.41) is 0. The number of nitrogen functional groups attached to an aromatic ring is 1. The molecule has 0 unspecified atom stereocenters. The van der Waals surface area contributed by atoms with E-state index in [0.717, 1.165) is 12.2 Å². The number of aryl methyl sites for hydroxylation is 1. The third-order valence-electron chi connectivity index (χ3n) is 3.77. The highest BCUT2D eigenvalue weighted by Crippen LogP contribution is 2.27. The van der Waals surface area contributed by atoms with Crippen LogP contribution in [0.25, 0.3) is 0 Å². The Labute approximate surface area is 122 Å². The molecule has 0 amide bonds. The third-order valence-corrected chi connectivity index (χ3v) is 3.77. The highest BCUT2D eigenvalue weighted by molar-refractivity contribution is 5.49. The highest BCUT2D eigenvalue weighted by Gasteiger charge is 2.22. The Morgan fingerprint density at radius 3 is 2.30 bits per heavy atom. The van der Waals surface area contributed by atoms with Crippen molar-refractivity contribution in [3.63, 3.8) is 0 Å². The maximum absolute atomic E-state index is 5.77. The fourth-order valence-electron chi connectivity index (χ4n) is 2.58. The Hall–Kier alpha value is -1.96. The summed E-state index contributed by atoms with van der Waals surface area (Å²) in [5.74, 6) is 0. The van der Waals surface area contributed by atoms with Crippen molar-refractivity contribution in [2.45, 2.75) is 26.2 Å². The van der Waals surface area contributed by atoms with Gasteiger partial charge in [-0.1, -0.05) is 38.1 Å². The standard InChI is InChI=1S/C18H24N2/c1-14-6-5-7-17(12-14)20(4)13-18(2,3)15-8-10-16(19)11-9-15/h5-12H,13,19H2,1-4H3. The summed E-state index contributed by atoms with van der Waals surface area (Å²) in [4.78, 5) is 2.31. The Balaban J connectivity index is 2.17. The Morgan fingerprint density at radius 1 is 1.05 bits per heavy atom. The predicted molar refractivity (Wildman–Crippen MR) is 88.3 cm³/mol. The lowest BCUT2D eigenvalue weighted by Crippen LogP contribution is -2.34. The molecule has 0 bridgehead atoms. The number of anilines is 2. The lowest BCUT2D eigenvalue weighted by Gasteiger charge is -2.32. The number of benzene rings is 2. The molecule has 2 N–H and O–H groups in total. The molecule has 0 saturated carbocycles. The van der Waals surface area contributed by atoms with Gasteiger partial charge in [0, 0.05) is 30.4 Å². The average molecular weight is 268 g/mol. The van der Waals surface area contributed by atoms with E-state index in [-0.39, 0.29) is 5.41 Å². The molecule has 0 atom stereocenters. The number of hydrogen-bond donors (Lipinski definition) is 1. The molecule has 0 aliphatic heterocycles. The molecule has 2 nitrogen and oxygen atoms in total. The third kappa shape index (κ3) is 3.32. The van der Waals surface area contributed by atoms with Crippen molar-refractivity contribution in [1.29, 1.82) is 0 Å². The van der Waals surface area contributed by atoms with Crippen LogP contribution in [0.5, 0.6) is 0 Å². The molecule has 0 fully saturated rings. The first kappa shape index (κ1) is 14.4. The second-order valence-corrected chi connectivity index (χ2v) is 6.20. The van der Waals surface area contributed by atoms with Crippen LogP contribution >= 0.6 is 0 Å². The molecule has 2 aromatic rings. The van der Waals surface area contributed by atoms with Gasteiger partial charge in [-0.15, -0.1) is 0 Å². The van der Waals surface area contributed by atoms with Gasteiger partial charge in [0.1, 0.15) is 0 Å². The van der Waals surface area contributed by atoms with E-state index in [4.69, 9.17) is 5.73 Å². The van der Waals surface area contributed by atoms with Gasteiger partial charge in [0.25, 0.3) is 0 Å². The normalized spacial score (nSPS) is 11.4. The molecule has 0 radical (unpaired) electrons. The molecular formula is C18H24N2. The maximum Gasteiger partial charge on any atom is 0.0366 e. The van der Waals surface area contributed by atoms with Crippen LogP contribution in [0.2, 0.25) is 0 Å². The predicted octanol–water partition coefficient (Wildman–Crippen LogP) is 3.99. The van der Waals surface area contributed by atoms with Gasteiger partial charge in [0.15, 0.2) is 0 Å². The Bertz CT molecular complexity index is 570. The van der Waals surface area contributed by atoms with Crippen LogP contribution in [0.1, 0.15) is 25.0 Å². The summed E-state index contributed by atoms with van der Waals surface area (Å²) in [6.07, 6.45) is 0. The fourth-order valence-corrected chi connectivity index (χ4v) is 2.58. The van der Waals surface area contributed by atoms with Gasteiger partial charge in [-0.05, 0) is 42.3 Å². The Morgan fingerprint density at radius 2 is 1.70 bits per heavy atom. The van der Waals surface area contributed by atoms with E-state index in [1.165, 1.54) is 16.8 Å². The summed E-state index contributed by atoms with van der Waals surface area (Å²) in [6.45, 7) is 7.62. The van der Waals surface area contributed by atoms with Gasteiger partial charge in [0.2, 0.25) is 0 Å². The molecule has 0 spiro atoms. The van der Waals surface area contributed by atoms with Gasteiger partial charge in [-0.3, -0.25) is 0 Å². The minimum Gasteiger partial charge on any atom is -0.399 e. The van der Waals surface area contributed by atoms with Crippen LogP contribution in [-0.4, -0.2) is 13.6 Å². The summed E-state index contributed by atoms with van der Waals surface area (Å²) in [5.41, 5.74) is 10.5. The van der Waals surface area contributed by atoms with Crippen molar-refractivity contribution in [3.05, 3.63) is 59.7 Å². The molecule has 20 heavy (non-hydrogen) atoms. The zero-order valence-electron chi connectivity index (χ0n) is 12.9. The number of nitrogens with two attached hydrogens (primary N) is 1. The first-order valence-electron chi connectivity index (χ1n) is 7.02. The van der Waals surface area contributed by atoms with Gasteiger partial charge >= 0.3 is 0 Å². The minimum atomic E-state index is 0.0756. The lowest BCUT2D eigenvalue weighted by molar-refractivity contribution is 0.524. The summed E-state index contributed by atoms with van der Waals surface area (Å²) >= 11 is 0. The van der Waals surface area contributed by atoms with Crippen LogP contribution in [-0.2, 0) is 5.41 Å². The van der Waals surface area contributed by atoms with Crippen molar-refractivity contribution in [2.24, 2.45) is 0 Å². The highest BCUT2D eigenvalue weighted by atomic mass is 15.1. The molecular weight excluding hydrogens is 244 g/mol. The SMILES string of the molecule is Cc1cccc(N(C)CC(C)(C)c2ccc(N)cc2)c1. The minimum absolute atomic E-state index is 0.0756. The van der Waals surface area contributed by atoms with Crippen LogP contribution in [0.4, 0.5) is 11.4 Å². The van der Waals surface area contributed by atoms with E-state index in [0.29, 0.717) is 0 Å². The van der Waals surface area contributed by atoms with E-state index in [2.05, 4.69) is 69.1 Å². The van der Waals surface area contributed by atoms with Gasteiger partial charge in [-0.2, -0.15) is 0 Å². The van der Waals surface area contributed by atoms with Crippen molar-refractivity contribution < 1.29 is 0 Å². The van der Waals surface area contributed by atoms with Crippen LogP contribution in [0.15, 0.2) is 48.5 Å². The fraction of sp³-hybridized carbons (Fsp3) is 0.333. The number of likely N-dealkylation sites (N-methyl/N-ethyl adjacent to an activating group) is 1. The van der Waals surface area contributed by atoms with Crippen molar-refractivity contribution >= 4 is 11.4 Å². The number of nitrogens with zero attached hydrogens (tertiary/aromatic N) is 1. The smallest absolute Gasteiger partial charge is 0.0366 e. The van der Waals surface area contributed by atoms with Crippen molar-refractivity contribution in [1.82, 2.24) is 0 Å². The second kappa shape index (κ2) is 5.58. The zero-order valence-corrected chi connectivity index (χ0v) is 12.9. The maximum atomic E-state index is 5.77. The summed E-state index contributed by atoms with van der Waals surface area (Å²) < 4.78 is 0. The van der Waals surface area contributed by atoms with Gasteiger partial charge < -0.3 is 10.6 Å². The molecule has 0 aromatic heterocycles. The quantitative estimate of drug-likeness (QED) is 0.849. The molecule has 106 valence electrons. The lowest BCUT2D eigenvalue weighted by atomic mass is 9.84.